The lowest BCUT2D eigenvalue weighted by Gasteiger charge is -2.21. The van der Waals surface area contributed by atoms with E-state index in [4.69, 9.17) is 17.3 Å². The largest absolute Gasteiger partial charge is 0.330 e. The van der Waals surface area contributed by atoms with E-state index >= 15 is 0 Å². The fourth-order valence-corrected chi connectivity index (χ4v) is 4.04. The third kappa shape index (κ3) is 4.80. The molecule has 2 aromatic heterocycles. The second-order valence-corrected chi connectivity index (χ2v) is 8.45. The van der Waals surface area contributed by atoms with E-state index in [1.807, 2.05) is 17.1 Å². The van der Waals surface area contributed by atoms with Gasteiger partial charge in [-0.05, 0) is 66.9 Å². The number of pyridine rings is 1. The lowest BCUT2D eigenvalue weighted by molar-refractivity contribution is 0.187. The third-order valence-electron chi connectivity index (χ3n) is 4.73. The molecule has 0 unspecified atom stereocenters. The minimum Gasteiger partial charge on any atom is -0.330 e. The summed E-state index contributed by atoms with van der Waals surface area (Å²) >= 11 is 7.08. The molecule has 0 spiro atoms. The Hall–Kier alpha value is -2.09. The quantitative estimate of drug-likeness (QED) is 0.542. The average Bonchev–Trinajstić information content (AvgIpc) is 3.48. The molecule has 140 valence electrons. The first kappa shape index (κ1) is 18.3. The van der Waals surface area contributed by atoms with Crippen molar-refractivity contribution >= 4 is 34.4 Å². The van der Waals surface area contributed by atoms with Crippen LogP contribution in [0.3, 0.4) is 0 Å². The van der Waals surface area contributed by atoms with Gasteiger partial charge in [0.25, 0.3) is 0 Å². The van der Waals surface area contributed by atoms with Gasteiger partial charge in [0.2, 0.25) is 5.13 Å². The van der Waals surface area contributed by atoms with Gasteiger partial charge >= 0.3 is 0 Å². The van der Waals surface area contributed by atoms with Crippen LogP contribution in [0.5, 0.6) is 0 Å². The number of rotatable bonds is 8. The topological polar surface area (TPSA) is 46.0 Å². The van der Waals surface area contributed by atoms with Gasteiger partial charge in [0.05, 0.1) is 6.67 Å². The average molecular weight is 398 g/mol. The van der Waals surface area contributed by atoms with Crippen LogP contribution in [0.4, 0.5) is 10.8 Å². The van der Waals surface area contributed by atoms with Crippen LogP contribution in [-0.2, 0) is 19.6 Å². The molecule has 1 saturated carbocycles. The van der Waals surface area contributed by atoms with Crippen molar-refractivity contribution in [2.75, 3.05) is 5.32 Å². The monoisotopic (exact) mass is 397 g/mol. The van der Waals surface area contributed by atoms with E-state index < -0.39 is 0 Å². The molecule has 1 aliphatic rings. The Bertz CT molecular complexity index is 929. The number of anilines is 2. The van der Waals surface area contributed by atoms with Gasteiger partial charge in [-0.25, -0.2) is 4.68 Å². The fourth-order valence-electron chi connectivity index (χ4n) is 3.02. The highest BCUT2D eigenvalue weighted by molar-refractivity contribution is 7.73. The molecule has 3 aromatic rings. The Morgan fingerprint density at radius 1 is 1.15 bits per heavy atom. The number of nitrogens with one attached hydrogen (secondary N) is 1. The molecule has 0 radical (unpaired) electrons. The Morgan fingerprint density at radius 3 is 2.56 bits per heavy atom. The molecule has 0 amide bonds. The van der Waals surface area contributed by atoms with Gasteiger partial charge in [-0.15, -0.1) is 5.10 Å². The van der Waals surface area contributed by atoms with Crippen LogP contribution in [-0.4, -0.2) is 25.7 Å². The maximum Gasteiger partial charge on any atom is 0.209 e. The second-order valence-electron chi connectivity index (χ2n) is 6.82. The Balaban J connectivity index is 1.46. The Morgan fingerprint density at radius 2 is 1.89 bits per heavy atom. The molecule has 27 heavy (non-hydrogen) atoms. The number of benzene rings is 1. The standard InChI is InChI=1S/C20H23N5S2/c1-2-15-3-5-17(6-4-15)22-19-23-25(20(26)27-19)14-24(18-7-8-18)13-16-9-11-21-12-10-16/h3-6,9-12,18H,2,7-8,13-14H2,1H3,(H,22,23). The van der Waals surface area contributed by atoms with Crippen molar-refractivity contribution < 1.29 is 0 Å². The van der Waals surface area contributed by atoms with Gasteiger partial charge in [0, 0.05) is 30.7 Å². The summed E-state index contributed by atoms with van der Waals surface area (Å²) in [4.78, 5) is 6.56. The minimum absolute atomic E-state index is 0.625. The number of aromatic nitrogens is 3. The van der Waals surface area contributed by atoms with E-state index in [-0.39, 0.29) is 0 Å². The summed E-state index contributed by atoms with van der Waals surface area (Å²) in [7, 11) is 0. The third-order valence-corrected chi connectivity index (χ3v) is 5.96. The normalized spacial score (nSPS) is 13.9. The van der Waals surface area contributed by atoms with Gasteiger partial charge in [0.1, 0.15) is 0 Å². The van der Waals surface area contributed by atoms with Crippen molar-refractivity contribution in [1.82, 2.24) is 19.7 Å². The van der Waals surface area contributed by atoms with Crippen LogP contribution in [0.2, 0.25) is 0 Å². The van der Waals surface area contributed by atoms with Gasteiger partial charge in [-0.3, -0.25) is 9.88 Å². The molecule has 2 heterocycles. The zero-order valence-electron chi connectivity index (χ0n) is 15.3. The second kappa shape index (κ2) is 8.29. The van der Waals surface area contributed by atoms with Crippen molar-refractivity contribution in [1.29, 1.82) is 0 Å². The van der Waals surface area contributed by atoms with E-state index in [1.54, 1.807) is 0 Å². The summed E-state index contributed by atoms with van der Waals surface area (Å²) in [5.41, 5.74) is 3.64. The van der Waals surface area contributed by atoms with Crippen molar-refractivity contribution in [2.24, 2.45) is 0 Å². The molecule has 1 N–H and O–H groups in total. The van der Waals surface area contributed by atoms with Crippen LogP contribution in [0.25, 0.3) is 0 Å². The SMILES string of the molecule is CCc1ccc(Nc2nn(CN(Cc3ccncc3)C3CC3)c(=S)s2)cc1. The fraction of sp³-hybridized carbons (Fsp3) is 0.350. The smallest absolute Gasteiger partial charge is 0.209 e. The van der Waals surface area contributed by atoms with Gasteiger partial charge < -0.3 is 5.32 Å². The van der Waals surface area contributed by atoms with Crippen molar-refractivity contribution in [3.05, 3.63) is 63.9 Å². The molecule has 1 fully saturated rings. The Kier molecular flexibility index (Phi) is 5.61. The molecule has 0 bridgehead atoms. The van der Waals surface area contributed by atoms with E-state index in [9.17, 15) is 0 Å². The summed E-state index contributed by atoms with van der Waals surface area (Å²) < 4.78 is 2.73. The zero-order valence-corrected chi connectivity index (χ0v) is 17.0. The van der Waals surface area contributed by atoms with E-state index in [2.05, 4.69) is 58.5 Å². The molecule has 0 saturated heterocycles. The molecule has 4 rings (SSSR count). The lowest BCUT2D eigenvalue weighted by atomic mass is 10.1. The van der Waals surface area contributed by atoms with Gasteiger partial charge in [-0.2, -0.15) is 0 Å². The van der Waals surface area contributed by atoms with Crippen LogP contribution in [0.1, 0.15) is 30.9 Å². The number of nitrogens with zero attached hydrogens (tertiary/aromatic N) is 4. The first-order valence-electron chi connectivity index (χ1n) is 9.28. The summed E-state index contributed by atoms with van der Waals surface area (Å²) in [6.45, 7) is 3.78. The zero-order chi connectivity index (χ0) is 18.6. The maximum absolute atomic E-state index is 5.56. The summed E-state index contributed by atoms with van der Waals surface area (Å²) in [5.74, 6) is 0. The summed E-state index contributed by atoms with van der Waals surface area (Å²) in [5, 5.41) is 8.92. The first-order valence-corrected chi connectivity index (χ1v) is 10.5. The molecule has 1 aromatic carbocycles. The van der Waals surface area contributed by atoms with Crippen LogP contribution in [0.15, 0.2) is 48.8 Å². The van der Waals surface area contributed by atoms with Crippen molar-refractivity contribution in [3.8, 4) is 0 Å². The Labute approximate surface area is 168 Å². The molecule has 0 atom stereocenters. The molecule has 5 nitrogen and oxygen atoms in total. The predicted octanol–water partition coefficient (Wildman–Crippen LogP) is 5.00. The number of hydrogen-bond acceptors (Lipinski definition) is 6. The van der Waals surface area contributed by atoms with Crippen molar-refractivity contribution in [2.45, 2.75) is 45.4 Å². The molecule has 7 heteroatoms. The summed E-state index contributed by atoms with van der Waals surface area (Å²) in [6, 6.07) is 13.2. The lowest BCUT2D eigenvalue weighted by Crippen LogP contribution is -2.28. The van der Waals surface area contributed by atoms with Crippen LogP contribution in [0, 0.1) is 3.95 Å². The minimum atomic E-state index is 0.625. The van der Waals surface area contributed by atoms with Crippen molar-refractivity contribution in [3.63, 3.8) is 0 Å². The predicted molar refractivity (Wildman–Crippen MR) is 113 cm³/mol. The number of aryl methyl sites for hydroxylation is 1. The molecule has 1 aliphatic carbocycles. The van der Waals surface area contributed by atoms with E-state index in [1.165, 1.54) is 35.3 Å². The highest BCUT2D eigenvalue weighted by Gasteiger charge is 2.29. The molecule has 0 aliphatic heterocycles. The highest BCUT2D eigenvalue weighted by atomic mass is 32.1. The number of hydrogen-bond donors (Lipinski definition) is 1. The molecular formula is C20H23N5S2. The van der Waals surface area contributed by atoms with Crippen LogP contribution >= 0.6 is 23.6 Å². The molecular weight excluding hydrogens is 374 g/mol. The summed E-state index contributed by atoms with van der Waals surface area (Å²) in [6.07, 6.45) is 7.23. The maximum atomic E-state index is 5.56. The van der Waals surface area contributed by atoms with Gasteiger partial charge in [0.15, 0.2) is 3.95 Å². The van der Waals surface area contributed by atoms with E-state index in [0.29, 0.717) is 6.04 Å². The van der Waals surface area contributed by atoms with E-state index in [0.717, 1.165) is 34.4 Å². The highest BCUT2D eigenvalue weighted by Crippen LogP contribution is 2.29. The first-order chi connectivity index (χ1) is 13.2. The van der Waals surface area contributed by atoms with Gasteiger partial charge in [-0.1, -0.05) is 30.4 Å². The van der Waals surface area contributed by atoms with Crippen LogP contribution < -0.4 is 5.32 Å².